The quantitative estimate of drug-likeness (QED) is 0.505. The number of hydrogen-bond acceptors (Lipinski definition) is 4. The van der Waals surface area contributed by atoms with Gasteiger partial charge in [0.1, 0.15) is 0 Å². The highest BCUT2D eigenvalue weighted by Gasteiger charge is 2.38. The van der Waals surface area contributed by atoms with Gasteiger partial charge in [0, 0.05) is 38.3 Å². The summed E-state index contributed by atoms with van der Waals surface area (Å²) in [6.07, 6.45) is 6.55. The van der Waals surface area contributed by atoms with Crippen LogP contribution in [0.2, 0.25) is 0 Å². The summed E-state index contributed by atoms with van der Waals surface area (Å²) in [4.78, 5) is 9.78. The Morgan fingerprint density at radius 3 is 2.53 bits per heavy atom. The highest BCUT2D eigenvalue weighted by atomic mass is 16.5. The summed E-state index contributed by atoms with van der Waals surface area (Å²) < 4.78 is 5.62. The topological polar surface area (TPSA) is 52.1 Å². The molecule has 0 aromatic heterocycles. The molecule has 2 aliphatic rings. The number of nitrogens with zero attached hydrogens (tertiary/aromatic N) is 3. The first kappa shape index (κ1) is 23.0. The van der Waals surface area contributed by atoms with Crippen LogP contribution in [0.15, 0.2) is 29.3 Å². The van der Waals surface area contributed by atoms with Gasteiger partial charge in [0.2, 0.25) is 0 Å². The van der Waals surface area contributed by atoms with Crippen molar-refractivity contribution in [1.29, 1.82) is 0 Å². The lowest BCUT2D eigenvalue weighted by Crippen LogP contribution is -2.60. The van der Waals surface area contributed by atoms with Crippen LogP contribution in [-0.4, -0.2) is 74.8 Å². The third kappa shape index (κ3) is 6.69. The summed E-state index contributed by atoms with van der Waals surface area (Å²) in [5, 5.41) is 7.14. The highest BCUT2D eigenvalue weighted by Crippen LogP contribution is 2.33. The molecule has 1 saturated carbocycles. The van der Waals surface area contributed by atoms with Crippen molar-refractivity contribution < 1.29 is 4.74 Å². The molecule has 0 bridgehead atoms. The molecule has 2 N–H and O–H groups in total. The first-order valence-electron chi connectivity index (χ1n) is 11.7. The van der Waals surface area contributed by atoms with Gasteiger partial charge in [-0.15, -0.1) is 0 Å². The van der Waals surface area contributed by atoms with Crippen molar-refractivity contribution in [3.8, 4) is 0 Å². The maximum Gasteiger partial charge on any atom is 0.191 e. The van der Waals surface area contributed by atoms with Gasteiger partial charge in [0.15, 0.2) is 5.96 Å². The lowest BCUT2D eigenvalue weighted by atomic mass is 9.80. The molecule has 6 heteroatoms. The average Bonchev–Trinajstić information content (AvgIpc) is 2.77. The maximum absolute atomic E-state index is 5.62. The SMILES string of the molecule is CCNC(=NCc1cccc(CN(C)C)c1)NCC1(N2CCOCC2)CCCCC1. The van der Waals surface area contributed by atoms with Gasteiger partial charge >= 0.3 is 0 Å². The number of hydrogen-bond donors (Lipinski definition) is 2. The minimum absolute atomic E-state index is 0.240. The summed E-state index contributed by atoms with van der Waals surface area (Å²) in [6, 6.07) is 8.76. The molecule has 0 spiro atoms. The van der Waals surface area contributed by atoms with Gasteiger partial charge in [0.05, 0.1) is 19.8 Å². The van der Waals surface area contributed by atoms with Crippen LogP contribution in [0.25, 0.3) is 0 Å². The molecule has 1 saturated heterocycles. The molecule has 168 valence electrons. The van der Waals surface area contributed by atoms with Gasteiger partial charge in [-0.2, -0.15) is 0 Å². The van der Waals surface area contributed by atoms with E-state index in [1.807, 2.05) is 0 Å². The highest BCUT2D eigenvalue weighted by molar-refractivity contribution is 5.79. The summed E-state index contributed by atoms with van der Waals surface area (Å²) in [7, 11) is 4.21. The summed E-state index contributed by atoms with van der Waals surface area (Å²) in [6.45, 7) is 9.43. The molecule has 30 heavy (non-hydrogen) atoms. The van der Waals surface area contributed by atoms with Gasteiger partial charge in [-0.25, -0.2) is 4.99 Å². The molecule has 1 aliphatic heterocycles. The van der Waals surface area contributed by atoms with Crippen LogP contribution in [0.4, 0.5) is 0 Å². The molecule has 1 aliphatic carbocycles. The molecule has 0 unspecified atom stereocenters. The first-order valence-corrected chi connectivity index (χ1v) is 11.7. The van der Waals surface area contributed by atoms with Crippen LogP contribution < -0.4 is 10.6 Å². The van der Waals surface area contributed by atoms with E-state index >= 15 is 0 Å². The number of aliphatic imine (C=N–C) groups is 1. The first-order chi connectivity index (χ1) is 14.6. The summed E-state index contributed by atoms with van der Waals surface area (Å²) >= 11 is 0. The molecule has 1 heterocycles. The van der Waals surface area contributed by atoms with Crippen molar-refractivity contribution in [3.63, 3.8) is 0 Å². The van der Waals surface area contributed by atoms with E-state index in [0.717, 1.165) is 51.9 Å². The molecule has 6 nitrogen and oxygen atoms in total. The second kappa shape index (κ2) is 11.7. The second-order valence-corrected chi connectivity index (χ2v) is 8.99. The van der Waals surface area contributed by atoms with Crippen molar-refractivity contribution in [2.45, 2.75) is 57.7 Å². The van der Waals surface area contributed by atoms with Gasteiger partial charge in [0.25, 0.3) is 0 Å². The van der Waals surface area contributed by atoms with E-state index in [0.29, 0.717) is 6.54 Å². The van der Waals surface area contributed by atoms with E-state index < -0.39 is 0 Å². The van der Waals surface area contributed by atoms with Crippen molar-refractivity contribution in [2.75, 3.05) is 53.5 Å². The fourth-order valence-corrected chi connectivity index (χ4v) is 4.80. The molecule has 2 fully saturated rings. The molecule has 0 atom stereocenters. The third-order valence-electron chi connectivity index (χ3n) is 6.31. The maximum atomic E-state index is 5.62. The van der Waals surface area contributed by atoms with E-state index in [1.54, 1.807) is 0 Å². The minimum atomic E-state index is 0.240. The third-order valence-corrected chi connectivity index (χ3v) is 6.31. The largest absolute Gasteiger partial charge is 0.379 e. The zero-order valence-electron chi connectivity index (χ0n) is 19.3. The van der Waals surface area contributed by atoms with Crippen LogP contribution in [0, 0.1) is 0 Å². The fraction of sp³-hybridized carbons (Fsp3) is 0.708. The molecule has 3 rings (SSSR count). The lowest BCUT2D eigenvalue weighted by molar-refractivity contribution is -0.0352. The molecular formula is C24H41N5O. The van der Waals surface area contributed by atoms with E-state index in [2.05, 4.69) is 65.7 Å². The van der Waals surface area contributed by atoms with Crippen LogP contribution in [0.1, 0.15) is 50.2 Å². The number of guanidine groups is 1. The number of ether oxygens (including phenoxy) is 1. The Hall–Kier alpha value is -1.63. The van der Waals surface area contributed by atoms with Crippen LogP contribution in [0.3, 0.4) is 0 Å². The second-order valence-electron chi connectivity index (χ2n) is 8.99. The Labute approximate surface area is 183 Å². The Morgan fingerprint density at radius 2 is 1.83 bits per heavy atom. The Morgan fingerprint density at radius 1 is 1.10 bits per heavy atom. The number of rotatable bonds is 8. The monoisotopic (exact) mass is 415 g/mol. The number of nitrogens with one attached hydrogen (secondary N) is 2. The predicted molar refractivity (Wildman–Crippen MR) is 125 cm³/mol. The van der Waals surface area contributed by atoms with Crippen LogP contribution in [-0.2, 0) is 17.8 Å². The number of benzene rings is 1. The Bertz CT molecular complexity index is 663. The van der Waals surface area contributed by atoms with Crippen molar-refractivity contribution in [1.82, 2.24) is 20.4 Å². The lowest BCUT2D eigenvalue weighted by Gasteiger charge is -2.48. The van der Waals surface area contributed by atoms with E-state index in [-0.39, 0.29) is 5.54 Å². The molecule has 0 radical (unpaired) electrons. The molecular weight excluding hydrogens is 374 g/mol. The van der Waals surface area contributed by atoms with Crippen molar-refractivity contribution >= 4 is 5.96 Å². The van der Waals surface area contributed by atoms with Crippen LogP contribution >= 0.6 is 0 Å². The summed E-state index contributed by atoms with van der Waals surface area (Å²) in [5.41, 5.74) is 2.83. The van der Waals surface area contributed by atoms with Gasteiger partial charge in [-0.1, -0.05) is 43.5 Å². The Balaban J connectivity index is 1.65. The van der Waals surface area contributed by atoms with Gasteiger partial charge in [-0.05, 0) is 45.0 Å². The zero-order valence-corrected chi connectivity index (χ0v) is 19.3. The number of morpholine rings is 1. The minimum Gasteiger partial charge on any atom is -0.379 e. The van der Waals surface area contributed by atoms with Crippen molar-refractivity contribution in [3.05, 3.63) is 35.4 Å². The molecule has 1 aromatic rings. The zero-order chi connectivity index (χ0) is 21.2. The smallest absolute Gasteiger partial charge is 0.191 e. The summed E-state index contributed by atoms with van der Waals surface area (Å²) in [5.74, 6) is 0.925. The van der Waals surface area contributed by atoms with Crippen molar-refractivity contribution in [2.24, 2.45) is 4.99 Å². The Kier molecular flexibility index (Phi) is 8.97. The normalized spacial score (nSPS) is 20.3. The van der Waals surface area contributed by atoms with Crippen LogP contribution in [0.5, 0.6) is 0 Å². The predicted octanol–water partition coefficient (Wildman–Crippen LogP) is 2.84. The fourth-order valence-electron chi connectivity index (χ4n) is 4.80. The molecule has 1 aromatic carbocycles. The standard InChI is InChI=1S/C24H41N5O/c1-4-25-23(26-18-21-9-8-10-22(17-21)19-28(2)3)27-20-24(11-6-5-7-12-24)29-13-15-30-16-14-29/h8-10,17H,4-7,11-16,18-20H2,1-3H3,(H2,25,26,27). The van der Waals surface area contributed by atoms with Gasteiger partial charge < -0.3 is 20.3 Å². The molecule has 0 amide bonds. The van der Waals surface area contributed by atoms with E-state index in [4.69, 9.17) is 9.73 Å². The van der Waals surface area contributed by atoms with E-state index in [1.165, 1.54) is 43.2 Å². The van der Waals surface area contributed by atoms with E-state index in [9.17, 15) is 0 Å². The van der Waals surface area contributed by atoms with Gasteiger partial charge in [-0.3, -0.25) is 4.90 Å². The average molecular weight is 416 g/mol.